The lowest BCUT2D eigenvalue weighted by molar-refractivity contribution is 0.155. The van der Waals surface area contributed by atoms with Crippen molar-refractivity contribution in [3.63, 3.8) is 0 Å². The molecule has 1 atom stereocenters. The van der Waals surface area contributed by atoms with E-state index in [0.717, 1.165) is 61.9 Å². The van der Waals surface area contributed by atoms with Gasteiger partial charge in [0.25, 0.3) is 0 Å². The van der Waals surface area contributed by atoms with E-state index in [1.165, 1.54) is 0 Å². The van der Waals surface area contributed by atoms with Crippen molar-refractivity contribution in [2.75, 3.05) is 20.8 Å². The number of benzene rings is 2. The first-order valence-corrected chi connectivity index (χ1v) is 11.1. The molecule has 3 aromatic rings. The predicted molar refractivity (Wildman–Crippen MR) is 128 cm³/mol. The van der Waals surface area contributed by atoms with Gasteiger partial charge in [-0.25, -0.2) is 4.98 Å². The Labute approximate surface area is 186 Å². The zero-order valence-electron chi connectivity index (χ0n) is 18.3. The number of aliphatic hydroxyl groups is 1. The molecule has 0 radical (unpaired) electrons. The summed E-state index contributed by atoms with van der Waals surface area (Å²) in [6.07, 6.45) is 1.56. The maximum absolute atomic E-state index is 10.8. The Kier molecular flexibility index (Phi) is 6.18. The van der Waals surface area contributed by atoms with Gasteiger partial charge < -0.3 is 14.6 Å². The molecule has 4 rings (SSSR count). The standard InChI is InChI=1S/C24H27N3O3S/c1-13-8-18(21(25-3)19(9-13)26-14(2)12-29-4)24-27-22-17(23(28)15-6-7-15)10-16(30-5)11-20(22)31-24/h8-11,15,23,28H,3,6-7,12H2,1-2,4-5H3/b26-14+. The summed E-state index contributed by atoms with van der Waals surface area (Å²) in [6.45, 7) is 8.19. The van der Waals surface area contributed by atoms with Gasteiger partial charge in [0.2, 0.25) is 0 Å². The van der Waals surface area contributed by atoms with Crippen molar-refractivity contribution in [1.82, 2.24) is 4.98 Å². The SMILES string of the molecule is C=Nc1c(/N=C(\C)COC)cc(C)cc1-c1nc2c(C(O)C3CC3)cc(OC)cc2s1. The highest BCUT2D eigenvalue weighted by Gasteiger charge is 2.33. The highest BCUT2D eigenvalue weighted by molar-refractivity contribution is 7.21. The number of methoxy groups -OCH3 is 2. The number of thiazole rings is 1. The minimum Gasteiger partial charge on any atom is -0.497 e. The fourth-order valence-electron chi connectivity index (χ4n) is 3.77. The van der Waals surface area contributed by atoms with E-state index in [0.29, 0.717) is 18.2 Å². The van der Waals surface area contributed by atoms with Crippen molar-refractivity contribution in [2.45, 2.75) is 32.8 Å². The van der Waals surface area contributed by atoms with Crippen LogP contribution in [0.2, 0.25) is 0 Å². The summed E-state index contributed by atoms with van der Waals surface area (Å²) in [5, 5.41) is 11.7. The molecular formula is C24H27N3O3S. The number of ether oxygens (including phenoxy) is 2. The summed E-state index contributed by atoms with van der Waals surface area (Å²) in [6, 6.07) is 7.92. The molecule has 1 heterocycles. The van der Waals surface area contributed by atoms with Crippen LogP contribution in [0.15, 0.2) is 34.3 Å². The van der Waals surface area contributed by atoms with Crippen LogP contribution >= 0.6 is 11.3 Å². The topological polar surface area (TPSA) is 76.3 Å². The number of hydrogen-bond acceptors (Lipinski definition) is 7. The van der Waals surface area contributed by atoms with E-state index >= 15 is 0 Å². The maximum Gasteiger partial charge on any atom is 0.126 e. The van der Waals surface area contributed by atoms with E-state index in [1.54, 1.807) is 25.6 Å². The molecule has 1 unspecified atom stereocenters. The van der Waals surface area contributed by atoms with Crippen LogP contribution in [0.25, 0.3) is 20.8 Å². The lowest BCUT2D eigenvalue weighted by Crippen LogP contribution is -2.01. The largest absolute Gasteiger partial charge is 0.497 e. The Morgan fingerprint density at radius 3 is 2.71 bits per heavy atom. The summed E-state index contributed by atoms with van der Waals surface area (Å²) in [5.41, 5.74) is 5.87. The number of hydrogen-bond donors (Lipinski definition) is 1. The van der Waals surface area contributed by atoms with Crippen LogP contribution in [0.4, 0.5) is 11.4 Å². The zero-order chi connectivity index (χ0) is 22.1. The monoisotopic (exact) mass is 437 g/mol. The minimum atomic E-state index is -0.529. The van der Waals surface area contributed by atoms with E-state index in [9.17, 15) is 5.11 Å². The van der Waals surface area contributed by atoms with Gasteiger partial charge in [0.1, 0.15) is 10.8 Å². The van der Waals surface area contributed by atoms with Crippen LogP contribution in [0.3, 0.4) is 0 Å². The van der Waals surface area contributed by atoms with Crippen LogP contribution < -0.4 is 4.74 Å². The van der Waals surface area contributed by atoms with Crippen LogP contribution in [-0.4, -0.2) is 43.3 Å². The molecule has 162 valence electrons. The lowest BCUT2D eigenvalue weighted by Gasteiger charge is -2.12. The van der Waals surface area contributed by atoms with Crippen molar-refractivity contribution in [3.8, 4) is 16.3 Å². The fraction of sp³-hybridized carbons (Fsp3) is 0.375. The zero-order valence-corrected chi connectivity index (χ0v) is 19.1. The molecule has 0 bridgehead atoms. The fourth-order valence-corrected chi connectivity index (χ4v) is 4.82. The van der Waals surface area contributed by atoms with Crippen molar-refractivity contribution in [2.24, 2.45) is 15.9 Å². The summed E-state index contributed by atoms with van der Waals surface area (Å²) >= 11 is 1.56. The van der Waals surface area contributed by atoms with Gasteiger partial charge in [-0.05, 0) is 69.2 Å². The van der Waals surface area contributed by atoms with Crippen LogP contribution in [-0.2, 0) is 4.74 Å². The van der Waals surface area contributed by atoms with Gasteiger partial charge in [-0.3, -0.25) is 9.98 Å². The van der Waals surface area contributed by atoms with Crippen molar-refractivity contribution in [1.29, 1.82) is 0 Å². The van der Waals surface area contributed by atoms with Crippen molar-refractivity contribution >= 4 is 45.4 Å². The van der Waals surface area contributed by atoms with E-state index in [1.807, 2.05) is 32.0 Å². The first-order chi connectivity index (χ1) is 14.9. The first kappa shape index (κ1) is 21.6. The molecule has 6 nitrogen and oxygen atoms in total. The molecular weight excluding hydrogens is 410 g/mol. The number of aliphatic hydroxyl groups excluding tert-OH is 1. The van der Waals surface area contributed by atoms with Gasteiger partial charge in [0, 0.05) is 23.9 Å². The first-order valence-electron chi connectivity index (χ1n) is 10.3. The van der Waals surface area contributed by atoms with E-state index < -0.39 is 6.10 Å². The second kappa shape index (κ2) is 8.86. The Morgan fingerprint density at radius 2 is 2.06 bits per heavy atom. The third-order valence-electron chi connectivity index (χ3n) is 5.41. The van der Waals surface area contributed by atoms with Gasteiger partial charge >= 0.3 is 0 Å². The Balaban J connectivity index is 1.89. The van der Waals surface area contributed by atoms with Gasteiger partial charge in [0.15, 0.2) is 0 Å². The molecule has 31 heavy (non-hydrogen) atoms. The summed E-state index contributed by atoms with van der Waals surface area (Å²) in [7, 11) is 3.29. The average Bonchev–Trinajstić information content (AvgIpc) is 3.50. The van der Waals surface area contributed by atoms with Crippen LogP contribution in [0, 0.1) is 12.8 Å². The second-order valence-corrected chi connectivity index (χ2v) is 9.01. The summed E-state index contributed by atoms with van der Waals surface area (Å²) in [5.74, 6) is 1.03. The van der Waals surface area contributed by atoms with Gasteiger partial charge in [-0.15, -0.1) is 11.3 Å². The average molecular weight is 438 g/mol. The highest BCUT2D eigenvalue weighted by atomic mass is 32.1. The number of aliphatic imine (C=N–C) groups is 2. The second-order valence-electron chi connectivity index (χ2n) is 7.98. The molecule has 1 N–H and O–H groups in total. The Morgan fingerprint density at radius 1 is 1.29 bits per heavy atom. The Bertz CT molecular complexity index is 1160. The highest BCUT2D eigenvalue weighted by Crippen LogP contribution is 2.47. The smallest absolute Gasteiger partial charge is 0.126 e. The molecule has 1 fully saturated rings. The molecule has 0 aliphatic heterocycles. The normalized spacial score (nSPS) is 15.3. The van der Waals surface area contributed by atoms with Crippen molar-refractivity contribution < 1.29 is 14.6 Å². The quantitative estimate of drug-likeness (QED) is 0.452. The van der Waals surface area contributed by atoms with Gasteiger partial charge in [-0.1, -0.05) is 0 Å². The van der Waals surface area contributed by atoms with Gasteiger partial charge in [-0.2, -0.15) is 0 Å². The molecule has 1 saturated carbocycles. The molecule has 1 aliphatic rings. The minimum absolute atomic E-state index is 0.300. The predicted octanol–water partition coefficient (Wildman–Crippen LogP) is 5.79. The molecule has 0 saturated heterocycles. The van der Waals surface area contributed by atoms with Crippen LogP contribution in [0.5, 0.6) is 5.75 Å². The van der Waals surface area contributed by atoms with E-state index in [4.69, 9.17) is 19.5 Å². The maximum atomic E-state index is 10.8. The summed E-state index contributed by atoms with van der Waals surface area (Å²) in [4.78, 5) is 13.9. The molecule has 7 heteroatoms. The van der Waals surface area contributed by atoms with E-state index in [-0.39, 0.29) is 0 Å². The third-order valence-corrected chi connectivity index (χ3v) is 6.44. The third kappa shape index (κ3) is 4.39. The number of aryl methyl sites for hydroxylation is 1. The number of fused-ring (bicyclic) bond motifs is 1. The van der Waals surface area contributed by atoms with Crippen LogP contribution in [0.1, 0.15) is 37.0 Å². The lowest BCUT2D eigenvalue weighted by atomic mass is 10.0. The molecule has 0 spiro atoms. The van der Waals surface area contributed by atoms with Gasteiger partial charge in [0.05, 0.1) is 41.4 Å². The number of nitrogens with zero attached hydrogens (tertiary/aromatic N) is 3. The Hall–Kier alpha value is -2.61. The number of aromatic nitrogens is 1. The summed E-state index contributed by atoms with van der Waals surface area (Å²) < 4.78 is 11.7. The molecule has 2 aromatic carbocycles. The molecule has 0 amide bonds. The van der Waals surface area contributed by atoms with Crippen molar-refractivity contribution in [3.05, 3.63) is 35.4 Å². The molecule has 1 aromatic heterocycles. The van der Waals surface area contributed by atoms with E-state index in [2.05, 4.69) is 17.8 Å². The molecule has 1 aliphatic carbocycles. The number of rotatable bonds is 8.